The number of hydrogen-bond donors (Lipinski definition) is 1. The van der Waals surface area contributed by atoms with E-state index in [1.165, 1.54) is 28.2 Å². The molecule has 132 valence electrons. The predicted molar refractivity (Wildman–Crippen MR) is 105 cm³/mol. The van der Waals surface area contributed by atoms with E-state index in [0.717, 1.165) is 12.4 Å². The second-order valence-electron chi connectivity index (χ2n) is 5.86. The Kier molecular flexibility index (Phi) is 7.22. The van der Waals surface area contributed by atoms with Gasteiger partial charge in [-0.25, -0.2) is 4.98 Å². The van der Waals surface area contributed by atoms with Gasteiger partial charge in [-0.1, -0.05) is 43.8 Å². The number of aryl methyl sites for hydroxylation is 1. The standard InChI is InChI=1S/C19H21N3S.CH5N/c1-14(2)18-19(23-17-7-5-4-6-8-17)22(15(3)21-18)13-16-9-11-20-12-10-16;1-2/h4-12,14H,13H2,1-3H3;2H2,1H3. The number of benzene rings is 1. The molecule has 0 fully saturated rings. The van der Waals surface area contributed by atoms with Crippen molar-refractivity contribution in [2.75, 3.05) is 7.05 Å². The van der Waals surface area contributed by atoms with Gasteiger partial charge in [-0.3, -0.25) is 4.98 Å². The van der Waals surface area contributed by atoms with Crippen molar-refractivity contribution in [2.24, 2.45) is 5.73 Å². The zero-order valence-corrected chi connectivity index (χ0v) is 16.1. The highest BCUT2D eigenvalue weighted by molar-refractivity contribution is 7.99. The van der Waals surface area contributed by atoms with Crippen LogP contribution in [0.15, 0.2) is 64.8 Å². The fraction of sp³-hybridized carbons (Fsp3) is 0.300. The lowest BCUT2D eigenvalue weighted by molar-refractivity contribution is 0.689. The number of aromatic nitrogens is 3. The largest absolute Gasteiger partial charge is 0.333 e. The van der Waals surface area contributed by atoms with Crippen LogP contribution in [0.3, 0.4) is 0 Å². The molecule has 0 aliphatic rings. The van der Waals surface area contributed by atoms with E-state index < -0.39 is 0 Å². The monoisotopic (exact) mass is 354 g/mol. The highest BCUT2D eigenvalue weighted by Crippen LogP contribution is 2.35. The van der Waals surface area contributed by atoms with Crippen molar-refractivity contribution in [2.45, 2.75) is 43.2 Å². The maximum Gasteiger partial charge on any atom is 0.107 e. The van der Waals surface area contributed by atoms with Crippen LogP contribution in [0.25, 0.3) is 0 Å². The molecule has 2 aromatic heterocycles. The van der Waals surface area contributed by atoms with E-state index in [4.69, 9.17) is 4.98 Å². The minimum absolute atomic E-state index is 0.401. The minimum Gasteiger partial charge on any atom is -0.333 e. The van der Waals surface area contributed by atoms with Crippen LogP contribution in [0, 0.1) is 6.92 Å². The Morgan fingerprint density at radius 1 is 1.04 bits per heavy atom. The van der Waals surface area contributed by atoms with Gasteiger partial charge < -0.3 is 10.3 Å². The quantitative estimate of drug-likeness (QED) is 0.734. The van der Waals surface area contributed by atoms with Crippen LogP contribution in [0.5, 0.6) is 0 Å². The third-order valence-electron chi connectivity index (χ3n) is 3.73. The van der Waals surface area contributed by atoms with Gasteiger partial charge in [0.05, 0.1) is 5.69 Å². The van der Waals surface area contributed by atoms with E-state index >= 15 is 0 Å². The van der Waals surface area contributed by atoms with Gasteiger partial charge in [0.2, 0.25) is 0 Å². The van der Waals surface area contributed by atoms with Crippen molar-refractivity contribution in [1.82, 2.24) is 14.5 Å². The van der Waals surface area contributed by atoms with Crippen molar-refractivity contribution >= 4 is 11.8 Å². The zero-order valence-electron chi connectivity index (χ0n) is 15.3. The summed E-state index contributed by atoms with van der Waals surface area (Å²) >= 11 is 1.79. The SMILES string of the molecule is CN.Cc1nc(C(C)C)c(Sc2ccccc2)n1Cc1ccncc1. The van der Waals surface area contributed by atoms with Crippen LogP contribution >= 0.6 is 11.8 Å². The zero-order chi connectivity index (χ0) is 18.2. The van der Waals surface area contributed by atoms with E-state index in [0.29, 0.717) is 5.92 Å². The number of pyridine rings is 1. The average molecular weight is 355 g/mol. The first-order chi connectivity index (χ1) is 12.1. The van der Waals surface area contributed by atoms with Crippen molar-refractivity contribution in [3.05, 3.63) is 71.9 Å². The molecule has 0 atom stereocenters. The maximum atomic E-state index is 4.83. The summed E-state index contributed by atoms with van der Waals surface area (Å²) < 4.78 is 2.31. The maximum absolute atomic E-state index is 4.83. The summed E-state index contributed by atoms with van der Waals surface area (Å²) in [5, 5.41) is 1.24. The van der Waals surface area contributed by atoms with Gasteiger partial charge in [0.25, 0.3) is 0 Å². The van der Waals surface area contributed by atoms with Crippen molar-refractivity contribution in [3.8, 4) is 0 Å². The number of hydrogen-bond acceptors (Lipinski definition) is 4. The molecule has 2 N–H and O–H groups in total. The molecule has 0 spiro atoms. The van der Waals surface area contributed by atoms with Crippen LogP contribution in [-0.4, -0.2) is 21.6 Å². The van der Waals surface area contributed by atoms with Crippen molar-refractivity contribution < 1.29 is 0 Å². The predicted octanol–water partition coefficient (Wildman–Crippen LogP) is 4.48. The second-order valence-corrected chi connectivity index (χ2v) is 6.92. The molecule has 3 rings (SSSR count). The number of nitrogens with two attached hydrogens (primary N) is 1. The molecule has 0 unspecified atom stereocenters. The number of imidazole rings is 1. The molecular weight excluding hydrogens is 328 g/mol. The Morgan fingerprint density at radius 2 is 1.68 bits per heavy atom. The Balaban J connectivity index is 0.00000109. The molecule has 2 heterocycles. The highest BCUT2D eigenvalue weighted by Gasteiger charge is 2.18. The Hall–Kier alpha value is -2.11. The summed E-state index contributed by atoms with van der Waals surface area (Å²) in [7, 11) is 1.50. The minimum atomic E-state index is 0.401. The smallest absolute Gasteiger partial charge is 0.107 e. The van der Waals surface area contributed by atoms with E-state index in [-0.39, 0.29) is 0 Å². The summed E-state index contributed by atoms with van der Waals surface area (Å²) in [6, 6.07) is 14.6. The van der Waals surface area contributed by atoms with Gasteiger partial charge in [0.1, 0.15) is 10.9 Å². The van der Waals surface area contributed by atoms with Gasteiger partial charge in [-0.05, 0) is 49.7 Å². The Labute approximate surface area is 154 Å². The number of rotatable bonds is 5. The molecule has 0 radical (unpaired) electrons. The van der Waals surface area contributed by atoms with E-state index in [9.17, 15) is 0 Å². The fourth-order valence-electron chi connectivity index (χ4n) is 2.51. The molecule has 0 aliphatic heterocycles. The van der Waals surface area contributed by atoms with Gasteiger partial charge in [-0.2, -0.15) is 0 Å². The molecular formula is C20H26N4S. The van der Waals surface area contributed by atoms with Crippen LogP contribution in [0.4, 0.5) is 0 Å². The van der Waals surface area contributed by atoms with Gasteiger partial charge in [-0.15, -0.1) is 0 Å². The highest BCUT2D eigenvalue weighted by atomic mass is 32.2. The topological polar surface area (TPSA) is 56.7 Å². The van der Waals surface area contributed by atoms with Gasteiger partial charge >= 0.3 is 0 Å². The third kappa shape index (κ3) is 4.94. The van der Waals surface area contributed by atoms with Crippen LogP contribution in [0.1, 0.15) is 36.8 Å². The molecule has 0 bridgehead atoms. The molecule has 25 heavy (non-hydrogen) atoms. The van der Waals surface area contributed by atoms with Crippen molar-refractivity contribution in [3.63, 3.8) is 0 Å². The van der Waals surface area contributed by atoms with Crippen molar-refractivity contribution in [1.29, 1.82) is 0 Å². The molecule has 0 amide bonds. The average Bonchev–Trinajstić information content (AvgIpc) is 2.95. The molecule has 3 aromatic rings. The summed E-state index contributed by atoms with van der Waals surface area (Å²) in [6.07, 6.45) is 3.68. The molecule has 5 heteroatoms. The van der Waals surface area contributed by atoms with Gasteiger partial charge in [0, 0.05) is 23.8 Å². The third-order valence-corrected chi connectivity index (χ3v) is 4.86. The first kappa shape index (κ1) is 19.2. The van der Waals surface area contributed by atoms with Crippen LogP contribution in [0.2, 0.25) is 0 Å². The molecule has 0 aliphatic carbocycles. The lowest BCUT2D eigenvalue weighted by atomic mass is 10.1. The lowest BCUT2D eigenvalue weighted by Gasteiger charge is -2.12. The summed E-state index contributed by atoms with van der Waals surface area (Å²) in [5.74, 6) is 1.46. The first-order valence-electron chi connectivity index (χ1n) is 8.41. The van der Waals surface area contributed by atoms with Crippen LogP contribution < -0.4 is 5.73 Å². The summed E-state index contributed by atoms with van der Waals surface area (Å²) in [5.41, 5.74) is 6.91. The Bertz CT molecular complexity index is 767. The Morgan fingerprint density at radius 3 is 2.28 bits per heavy atom. The summed E-state index contributed by atoms with van der Waals surface area (Å²) in [4.78, 5) is 10.2. The van der Waals surface area contributed by atoms with E-state index in [2.05, 4.69) is 72.5 Å². The second kappa shape index (κ2) is 9.39. The normalized spacial score (nSPS) is 10.5. The number of nitrogens with zero attached hydrogens (tertiary/aromatic N) is 3. The first-order valence-corrected chi connectivity index (χ1v) is 9.23. The fourth-order valence-corrected chi connectivity index (χ4v) is 3.72. The van der Waals surface area contributed by atoms with E-state index in [1.807, 2.05) is 18.5 Å². The molecule has 1 aromatic carbocycles. The molecule has 4 nitrogen and oxygen atoms in total. The summed E-state index contributed by atoms with van der Waals surface area (Å²) in [6.45, 7) is 7.31. The van der Waals surface area contributed by atoms with Gasteiger partial charge in [0.15, 0.2) is 0 Å². The molecule has 0 saturated heterocycles. The van der Waals surface area contributed by atoms with Crippen LogP contribution in [-0.2, 0) is 6.54 Å². The lowest BCUT2D eigenvalue weighted by Crippen LogP contribution is -2.04. The van der Waals surface area contributed by atoms with E-state index in [1.54, 1.807) is 11.8 Å². The molecule has 0 saturated carbocycles.